The van der Waals surface area contributed by atoms with Crippen LogP contribution in [-0.2, 0) is 35.7 Å². The molecule has 0 atom stereocenters. The van der Waals surface area contributed by atoms with Gasteiger partial charge in [0, 0.05) is 37.3 Å². The van der Waals surface area contributed by atoms with Crippen molar-refractivity contribution in [2.75, 3.05) is 24.4 Å². The molecule has 0 saturated heterocycles. The number of fused-ring (bicyclic) bond motifs is 2. The standard InChI is InChI=1S/C42H48N12O8/c1-7-53-30(14-22(4)49-53)38(57)47-41-45-28-18-24(36(43)55)20-32(60-6)34(28)51(41)12-10-11-13-52-35-29(46-42(52)48-39(58)31-15-23(5)50-54(31)8-2)19-25(37(44)56)21-33(35)62-27-16-26(17-27)40(59)61-9-3/h10-11,14-15,18-21,26-27H,7-9,12-13,16-17H2,1-6H3,(H2,43,55)(H2,44,56)(H,45,47,57)(H,46,48,58)/b11-10+. The third kappa shape index (κ3) is 8.43. The molecule has 324 valence electrons. The van der Waals surface area contributed by atoms with Crippen molar-refractivity contribution in [3.05, 3.63) is 82.5 Å². The average Bonchev–Trinajstić information content (AvgIpc) is 3.99. The van der Waals surface area contributed by atoms with Gasteiger partial charge < -0.3 is 34.8 Å². The number of amides is 4. The van der Waals surface area contributed by atoms with Crippen LogP contribution < -0.4 is 31.6 Å². The second kappa shape index (κ2) is 17.6. The highest BCUT2D eigenvalue weighted by Crippen LogP contribution is 2.37. The maximum absolute atomic E-state index is 13.8. The third-order valence-electron chi connectivity index (χ3n) is 10.5. The van der Waals surface area contributed by atoms with Crippen molar-refractivity contribution in [3.63, 3.8) is 0 Å². The molecular weight excluding hydrogens is 801 g/mol. The van der Waals surface area contributed by atoms with Gasteiger partial charge in [-0.3, -0.25) is 44.0 Å². The number of hydrogen-bond acceptors (Lipinski definition) is 12. The van der Waals surface area contributed by atoms with Gasteiger partial charge in [0.05, 0.1) is 42.1 Å². The highest BCUT2D eigenvalue weighted by atomic mass is 16.5. The number of esters is 1. The molecule has 2 aromatic carbocycles. The fourth-order valence-electron chi connectivity index (χ4n) is 7.46. The number of rotatable bonds is 17. The Labute approximate surface area is 355 Å². The Bertz CT molecular complexity index is 2770. The van der Waals surface area contributed by atoms with E-state index in [-0.39, 0.29) is 66.5 Å². The number of aryl methyl sites for hydroxylation is 4. The van der Waals surface area contributed by atoms with Crippen molar-refractivity contribution in [2.24, 2.45) is 17.4 Å². The zero-order valence-electron chi connectivity index (χ0n) is 35.2. The number of primary amides is 2. The van der Waals surface area contributed by atoms with E-state index in [9.17, 15) is 24.0 Å². The van der Waals surface area contributed by atoms with Crippen LogP contribution in [0.4, 0.5) is 11.9 Å². The lowest BCUT2D eigenvalue weighted by Gasteiger charge is -2.33. The number of hydrogen-bond donors (Lipinski definition) is 4. The molecular formula is C42H48N12O8. The van der Waals surface area contributed by atoms with Crippen LogP contribution in [0.25, 0.3) is 22.1 Å². The second-order valence-electron chi connectivity index (χ2n) is 14.7. The molecule has 0 radical (unpaired) electrons. The molecule has 0 aliphatic heterocycles. The van der Waals surface area contributed by atoms with Crippen molar-refractivity contribution < 1.29 is 38.2 Å². The highest BCUT2D eigenvalue weighted by Gasteiger charge is 2.38. The summed E-state index contributed by atoms with van der Waals surface area (Å²) < 4.78 is 23.9. The summed E-state index contributed by atoms with van der Waals surface area (Å²) in [6.07, 6.45) is 4.08. The summed E-state index contributed by atoms with van der Waals surface area (Å²) in [4.78, 5) is 74.1. The molecule has 62 heavy (non-hydrogen) atoms. The molecule has 4 amide bonds. The van der Waals surface area contributed by atoms with Crippen molar-refractivity contribution in [3.8, 4) is 11.5 Å². The van der Waals surface area contributed by atoms with Gasteiger partial charge in [0.15, 0.2) is 0 Å². The van der Waals surface area contributed by atoms with Gasteiger partial charge in [-0.2, -0.15) is 10.2 Å². The molecule has 1 saturated carbocycles. The molecule has 0 unspecified atom stereocenters. The van der Waals surface area contributed by atoms with E-state index in [2.05, 4.69) is 25.8 Å². The van der Waals surface area contributed by atoms with E-state index in [1.54, 1.807) is 51.4 Å². The number of benzene rings is 2. The molecule has 6 N–H and O–H groups in total. The first-order valence-corrected chi connectivity index (χ1v) is 20.1. The predicted octanol–water partition coefficient (Wildman–Crippen LogP) is 4.12. The molecule has 1 fully saturated rings. The number of allylic oxidation sites excluding steroid dienone is 2. The van der Waals surface area contributed by atoms with Crippen LogP contribution >= 0.6 is 0 Å². The topological polar surface area (TPSA) is 260 Å². The van der Waals surface area contributed by atoms with Gasteiger partial charge in [0.25, 0.3) is 11.8 Å². The molecule has 7 rings (SSSR count). The van der Waals surface area contributed by atoms with E-state index in [1.165, 1.54) is 31.4 Å². The number of nitrogens with zero attached hydrogens (tertiary/aromatic N) is 8. The maximum atomic E-state index is 13.8. The molecule has 0 bridgehead atoms. The smallest absolute Gasteiger partial charge is 0.309 e. The molecule has 20 heteroatoms. The summed E-state index contributed by atoms with van der Waals surface area (Å²) in [5, 5.41) is 14.6. The first-order valence-electron chi connectivity index (χ1n) is 20.1. The Hall–Kier alpha value is -7.51. The number of carbonyl (C=O) groups excluding carboxylic acids is 5. The first-order chi connectivity index (χ1) is 29.7. The zero-order chi connectivity index (χ0) is 44.4. The number of carbonyl (C=O) groups is 5. The second-order valence-corrected chi connectivity index (χ2v) is 14.7. The SMILES string of the molecule is CCOC(=O)C1CC(Oc2cc(C(N)=O)cc3nc(NC(=O)c4cc(C)nn4CC)n(C/C=C/Cn4c(NC(=O)c5cc(C)nn5CC)nc5cc(C(N)=O)cc(OC)c54)c23)C1. The Kier molecular flexibility index (Phi) is 12.1. The summed E-state index contributed by atoms with van der Waals surface area (Å²) in [6, 6.07) is 9.42. The molecule has 1 aliphatic rings. The minimum Gasteiger partial charge on any atom is -0.494 e. The fraction of sp³-hybridized carbons (Fsp3) is 0.357. The summed E-state index contributed by atoms with van der Waals surface area (Å²) in [6.45, 7) is 10.5. The summed E-state index contributed by atoms with van der Waals surface area (Å²) in [5.74, 6) is -2.04. The quantitative estimate of drug-likeness (QED) is 0.0747. The van der Waals surface area contributed by atoms with Gasteiger partial charge in [-0.15, -0.1) is 0 Å². The van der Waals surface area contributed by atoms with E-state index in [0.29, 0.717) is 76.5 Å². The lowest BCUT2D eigenvalue weighted by Crippen LogP contribution is -2.39. The van der Waals surface area contributed by atoms with E-state index in [1.807, 2.05) is 26.0 Å². The molecule has 6 aromatic rings. The van der Waals surface area contributed by atoms with Gasteiger partial charge >= 0.3 is 5.97 Å². The Morgan fingerprint density at radius 2 is 1.19 bits per heavy atom. The lowest BCUT2D eigenvalue weighted by atomic mass is 9.82. The van der Waals surface area contributed by atoms with Crippen molar-refractivity contribution in [2.45, 2.75) is 79.7 Å². The summed E-state index contributed by atoms with van der Waals surface area (Å²) in [5.41, 5.74) is 15.3. The van der Waals surface area contributed by atoms with Gasteiger partial charge in [-0.25, -0.2) is 9.97 Å². The average molecular weight is 849 g/mol. The highest BCUT2D eigenvalue weighted by molar-refractivity contribution is 6.05. The normalized spacial score (nSPS) is 14.9. The Morgan fingerprint density at radius 3 is 1.63 bits per heavy atom. The number of imidazole rings is 2. The predicted molar refractivity (Wildman–Crippen MR) is 227 cm³/mol. The number of methoxy groups -OCH3 is 1. The fourth-order valence-corrected chi connectivity index (χ4v) is 7.46. The Morgan fingerprint density at radius 1 is 0.726 bits per heavy atom. The van der Waals surface area contributed by atoms with Gasteiger partial charge in [-0.1, -0.05) is 12.2 Å². The van der Waals surface area contributed by atoms with Gasteiger partial charge in [0.2, 0.25) is 23.7 Å². The molecule has 0 spiro atoms. The van der Waals surface area contributed by atoms with Crippen LogP contribution in [0.15, 0.2) is 48.6 Å². The van der Waals surface area contributed by atoms with E-state index >= 15 is 0 Å². The third-order valence-corrected chi connectivity index (χ3v) is 10.5. The van der Waals surface area contributed by atoms with Crippen LogP contribution in [0.1, 0.15) is 86.7 Å². The van der Waals surface area contributed by atoms with Crippen molar-refractivity contribution in [1.29, 1.82) is 0 Å². The number of nitrogens with one attached hydrogen (secondary N) is 2. The zero-order valence-corrected chi connectivity index (χ0v) is 35.2. The minimum absolute atomic E-state index is 0.118. The van der Waals surface area contributed by atoms with Crippen LogP contribution in [-0.4, -0.2) is 88.1 Å². The van der Waals surface area contributed by atoms with Crippen molar-refractivity contribution >= 4 is 63.6 Å². The van der Waals surface area contributed by atoms with Gasteiger partial charge in [0.1, 0.15) is 40.0 Å². The number of anilines is 2. The van der Waals surface area contributed by atoms with Crippen LogP contribution in [0.2, 0.25) is 0 Å². The maximum Gasteiger partial charge on any atom is 0.309 e. The molecule has 1 aliphatic carbocycles. The molecule has 20 nitrogen and oxygen atoms in total. The van der Waals surface area contributed by atoms with Crippen LogP contribution in [0, 0.1) is 19.8 Å². The first kappa shape index (κ1) is 42.6. The van der Waals surface area contributed by atoms with E-state index in [4.69, 9.17) is 30.7 Å². The number of nitrogens with two attached hydrogens (primary N) is 2. The summed E-state index contributed by atoms with van der Waals surface area (Å²) in [7, 11) is 1.45. The summed E-state index contributed by atoms with van der Waals surface area (Å²) >= 11 is 0. The van der Waals surface area contributed by atoms with E-state index < -0.39 is 23.6 Å². The monoisotopic (exact) mass is 848 g/mol. The largest absolute Gasteiger partial charge is 0.494 e. The van der Waals surface area contributed by atoms with Gasteiger partial charge in [-0.05, 0) is 83.9 Å². The van der Waals surface area contributed by atoms with E-state index in [0.717, 1.165) is 0 Å². The minimum atomic E-state index is -0.708. The van der Waals surface area contributed by atoms with Crippen molar-refractivity contribution in [1.82, 2.24) is 38.7 Å². The van der Waals surface area contributed by atoms with Crippen LogP contribution in [0.5, 0.6) is 11.5 Å². The molecule has 4 heterocycles. The number of ether oxygens (including phenoxy) is 3. The lowest BCUT2D eigenvalue weighted by molar-refractivity contribution is -0.154. The Balaban J connectivity index is 1.27. The van der Waals surface area contributed by atoms with Crippen LogP contribution in [0.3, 0.4) is 0 Å². The number of aromatic nitrogens is 8. The molecule has 4 aromatic heterocycles.